The lowest BCUT2D eigenvalue weighted by molar-refractivity contribution is -0.163. The molecule has 2 atom stereocenters. The van der Waals surface area contributed by atoms with Gasteiger partial charge in [0.1, 0.15) is 17.5 Å². The number of nitrogens with one attached hydrogen (secondary N) is 2. The lowest BCUT2D eigenvalue weighted by Gasteiger charge is -2.35. The Morgan fingerprint density at radius 1 is 1.18 bits per heavy atom. The molecule has 0 radical (unpaired) electrons. The van der Waals surface area contributed by atoms with Gasteiger partial charge in [0.15, 0.2) is 0 Å². The number of Topliss-reactive ketones (excluding diaryl/α,β-unsaturated/α-hetero) is 1. The average molecular weight is 469 g/mol. The van der Waals surface area contributed by atoms with Crippen LogP contribution in [0.5, 0.6) is 0 Å². The summed E-state index contributed by atoms with van der Waals surface area (Å²) in [6.07, 6.45) is 9.17. The number of hydrogen-bond acceptors (Lipinski definition) is 4. The first-order valence-corrected chi connectivity index (χ1v) is 12.0. The van der Waals surface area contributed by atoms with Crippen LogP contribution in [0.15, 0.2) is 42.9 Å². The van der Waals surface area contributed by atoms with Crippen molar-refractivity contribution in [2.75, 3.05) is 0 Å². The molecule has 8 heteroatoms. The third-order valence-electron chi connectivity index (χ3n) is 6.63. The first kappa shape index (κ1) is 24.0. The Kier molecular flexibility index (Phi) is 7.34. The van der Waals surface area contributed by atoms with Crippen molar-refractivity contribution in [3.8, 4) is 11.3 Å². The molecule has 1 aliphatic rings. The topological polar surface area (TPSA) is 87.7 Å². The Bertz CT molecular complexity index is 1160. The predicted molar refractivity (Wildman–Crippen MR) is 126 cm³/mol. The van der Waals surface area contributed by atoms with Gasteiger partial charge in [-0.3, -0.25) is 14.6 Å². The summed E-state index contributed by atoms with van der Waals surface area (Å²) in [5.41, 5.74) is 1.70. The smallest absolute Gasteiger partial charge is 0.259 e. The molecule has 4 rings (SSSR count). The second-order valence-electron chi connectivity index (χ2n) is 9.02. The minimum absolute atomic E-state index is 0.194. The van der Waals surface area contributed by atoms with Gasteiger partial charge in [-0.15, -0.1) is 0 Å². The van der Waals surface area contributed by atoms with E-state index in [1.54, 1.807) is 18.6 Å². The maximum Gasteiger partial charge on any atom is 0.259 e. The summed E-state index contributed by atoms with van der Waals surface area (Å²) in [5, 5.41) is 4.88. The van der Waals surface area contributed by atoms with Gasteiger partial charge < -0.3 is 10.3 Å². The van der Waals surface area contributed by atoms with Gasteiger partial charge in [-0.1, -0.05) is 31.9 Å². The lowest BCUT2D eigenvalue weighted by atomic mass is 9.80. The number of aromatic amines is 1. The summed E-state index contributed by atoms with van der Waals surface area (Å²) >= 11 is 0. The molecule has 3 aromatic rings. The van der Waals surface area contributed by atoms with E-state index < -0.39 is 23.8 Å². The molecule has 34 heavy (non-hydrogen) atoms. The van der Waals surface area contributed by atoms with Gasteiger partial charge in [0.25, 0.3) is 5.92 Å². The van der Waals surface area contributed by atoms with Crippen LogP contribution in [-0.2, 0) is 9.59 Å². The number of halogens is 2. The first-order chi connectivity index (χ1) is 16.4. The second kappa shape index (κ2) is 10.4. The SMILES string of the molecule is CCC(=O)CCCCC[C@H](NC(=O)C1CCC1(F)F)c1ncc(-c2ccc3ccncc3c2)[nH]1. The maximum absolute atomic E-state index is 13.8. The molecule has 6 nitrogen and oxygen atoms in total. The number of ketones is 1. The zero-order chi connectivity index (χ0) is 24.1. The van der Waals surface area contributed by atoms with Crippen molar-refractivity contribution >= 4 is 22.5 Å². The van der Waals surface area contributed by atoms with Crippen LogP contribution in [0.1, 0.15) is 70.2 Å². The summed E-state index contributed by atoms with van der Waals surface area (Å²) in [7, 11) is 0. The maximum atomic E-state index is 13.8. The summed E-state index contributed by atoms with van der Waals surface area (Å²) in [4.78, 5) is 36.0. The average Bonchev–Trinajstić information content (AvgIpc) is 3.32. The zero-order valence-corrected chi connectivity index (χ0v) is 19.3. The van der Waals surface area contributed by atoms with Gasteiger partial charge in [-0.2, -0.15) is 0 Å². The van der Waals surface area contributed by atoms with Gasteiger partial charge in [-0.05, 0) is 36.8 Å². The molecule has 1 saturated carbocycles. The Balaban J connectivity index is 1.47. The number of fused-ring (bicyclic) bond motifs is 1. The Labute approximate surface area is 197 Å². The van der Waals surface area contributed by atoms with E-state index in [0.29, 0.717) is 25.1 Å². The number of nitrogens with zero attached hydrogens (tertiary/aromatic N) is 2. The fourth-order valence-corrected chi connectivity index (χ4v) is 4.32. The van der Waals surface area contributed by atoms with Crippen LogP contribution >= 0.6 is 0 Å². The third kappa shape index (κ3) is 5.48. The number of benzene rings is 1. The number of carbonyl (C=O) groups is 2. The quantitative estimate of drug-likeness (QED) is 0.350. The fraction of sp³-hybridized carbons (Fsp3) is 0.462. The third-order valence-corrected chi connectivity index (χ3v) is 6.63. The number of unbranched alkanes of at least 4 members (excludes halogenated alkanes) is 2. The number of H-pyrrole nitrogens is 1. The van der Waals surface area contributed by atoms with Gasteiger partial charge in [0.2, 0.25) is 5.91 Å². The van der Waals surface area contributed by atoms with Crippen molar-refractivity contribution in [3.05, 3.63) is 48.7 Å². The number of rotatable bonds is 11. The van der Waals surface area contributed by atoms with Gasteiger partial charge >= 0.3 is 0 Å². The molecule has 1 unspecified atom stereocenters. The predicted octanol–water partition coefficient (Wildman–Crippen LogP) is 5.76. The van der Waals surface area contributed by atoms with Crippen molar-refractivity contribution in [2.24, 2.45) is 5.92 Å². The molecule has 1 aromatic carbocycles. The van der Waals surface area contributed by atoms with Crippen LogP contribution in [0.2, 0.25) is 0 Å². The number of amides is 1. The van der Waals surface area contributed by atoms with Crippen LogP contribution in [-0.4, -0.2) is 32.6 Å². The van der Waals surface area contributed by atoms with Gasteiger partial charge in [-0.25, -0.2) is 13.8 Å². The Hall–Kier alpha value is -3.16. The zero-order valence-electron chi connectivity index (χ0n) is 19.3. The fourth-order valence-electron chi connectivity index (χ4n) is 4.32. The van der Waals surface area contributed by atoms with Crippen molar-refractivity contribution in [2.45, 2.75) is 70.3 Å². The number of pyridine rings is 1. The van der Waals surface area contributed by atoms with E-state index in [-0.39, 0.29) is 18.6 Å². The molecular weight excluding hydrogens is 438 g/mol. The molecule has 1 fully saturated rings. The number of alkyl halides is 2. The number of imidazole rings is 1. The molecule has 0 aliphatic heterocycles. The second-order valence-corrected chi connectivity index (χ2v) is 9.02. The number of carbonyl (C=O) groups excluding carboxylic acids is 2. The van der Waals surface area contributed by atoms with E-state index >= 15 is 0 Å². The summed E-state index contributed by atoms with van der Waals surface area (Å²) in [5.74, 6) is -4.07. The summed E-state index contributed by atoms with van der Waals surface area (Å²) in [6, 6.07) is 7.43. The van der Waals surface area contributed by atoms with Crippen molar-refractivity contribution in [1.82, 2.24) is 20.3 Å². The molecular formula is C26H30F2N4O2. The van der Waals surface area contributed by atoms with Gasteiger partial charge in [0.05, 0.1) is 17.9 Å². The van der Waals surface area contributed by atoms with Gasteiger partial charge in [0, 0.05) is 42.6 Å². The molecule has 2 N–H and O–H groups in total. The highest BCUT2D eigenvalue weighted by atomic mass is 19.3. The molecule has 0 bridgehead atoms. The molecule has 2 aromatic heterocycles. The van der Waals surface area contributed by atoms with E-state index in [4.69, 9.17) is 0 Å². The normalized spacial score (nSPS) is 17.8. The van der Waals surface area contributed by atoms with Crippen LogP contribution in [0, 0.1) is 5.92 Å². The highest BCUT2D eigenvalue weighted by Gasteiger charge is 2.52. The van der Waals surface area contributed by atoms with Crippen LogP contribution in [0.3, 0.4) is 0 Å². The minimum Gasteiger partial charge on any atom is -0.346 e. The van der Waals surface area contributed by atoms with E-state index in [2.05, 4.69) is 20.3 Å². The van der Waals surface area contributed by atoms with Crippen LogP contribution in [0.25, 0.3) is 22.0 Å². The highest BCUT2D eigenvalue weighted by Crippen LogP contribution is 2.43. The van der Waals surface area contributed by atoms with E-state index in [1.807, 2.05) is 31.2 Å². The molecule has 0 spiro atoms. The minimum atomic E-state index is -2.94. The summed E-state index contributed by atoms with van der Waals surface area (Å²) < 4.78 is 27.6. The summed E-state index contributed by atoms with van der Waals surface area (Å²) in [6.45, 7) is 1.85. The number of aromatic nitrogens is 3. The molecule has 0 saturated heterocycles. The van der Waals surface area contributed by atoms with Crippen molar-refractivity contribution in [3.63, 3.8) is 0 Å². The number of hydrogen-bond donors (Lipinski definition) is 2. The Morgan fingerprint density at radius 2 is 2.03 bits per heavy atom. The Morgan fingerprint density at radius 3 is 2.76 bits per heavy atom. The lowest BCUT2D eigenvalue weighted by Crippen LogP contribution is -2.49. The van der Waals surface area contributed by atoms with E-state index in [1.165, 1.54) is 0 Å². The monoisotopic (exact) mass is 468 g/mol. The van der Waals surface area contributed by atoms with Crippen molar-refractivity contribution in [1.29, 1.82) is 0 Å². The standard InChI is InChI=1S/C26H30F2N4O2/c1-2-20(33)6-4-3-5-7-22(32-25(34)21-10-12-26(21,27)28)24-30-16-23(31-24)18-9-8-17-11-13-29-15-19(17)14-18/h8-9,11,13-16,21-22H,2-7,10,12H2,1H3,(H,30,31)(H,32,34)/t21?,22-/m0/s1. The van der Waals surface area contributed by atoms with Crippen LogP contribution < -0.4 is 5.32 Å². The first-order valence-electron chi connectivity index (χ1n) is 12.0. The van der Waals surface area contributed by atoms with E-state index in [0.717, 1.165) is 41.3 Å². The highest BCUT2D eigenvalue weighted by molar-refractivity contribution is 5.86. The molecule has 2 heterocycles. The molecule has 1 amide bonds. The van der Waals surface area contributed by atoms with Crippen molar-refractivity contribution < 1.29 is 18.4 Å². The largest absolute Gasteiger partial charge is 0.346 e. The molecule has 1 aliphatic carbocycles. The van der Waals surface area contributed by atoms with Crippen LogP contribution in [0.4, 0.5) is 8.78 Å². The van der Waals surface area contributed by atoms with E-state index in [9.17, 15) is 18.4 Å². The molecule has 180 valence electrons.